The van der Waals surface area contributed by atoms with Gasteiger partial charge in [-0.2, -0.15) is 0 Å². The van der Waals surface area contributed by atoms with Gasteiger partial charge in [0.2, 0.25) is 0 Å². The monoisotopic (exact) mass is 318 g/mol. The number of carboxylic acids is 1. The summed E-state index contributed by atoms with van der Waals surface area (Å²) in [6.07, 6.45) is 2.67. The van der Waals surface area contributed by atoms with E-state index in [0.717, 1.165) is 41.9 Å². The molecular weight excluding hydrogens is 296 g/mol. The Morgan fingerprint density at radius 3 is 2.65 bits per heavy atom. The Morgan fingerprint density at radius 2 is 2.00 bits per heavy atom. The van der Waals surface area contributed by atoms with Crippen LogP contribution in [-0.4, -0.2) is 37.6 Å². The summed E-state index contributed by atoms with van der Waals surface area (Å²) in [7, 11) is 3.20. The second kappa shape index (κ2) is 7.67. The van der Waals surface area contributed by atoms with E-state index in [1.165, 1.54) is 0 Å². The van der Waals surface area contributed by atoms with E-state index in [-0.39, 0.29) is 6.54 Å². The van der Waals surface area contributed by atoms with Crippen LogP contribution in [0.25, 0.3) is 0 Å². The number of carbonyl (C=O) groups is 1. The largest absolute Gasteiger partial charge is 0.493 e. The number of rotatable bonds is 6. The molecule has 0 aromatic heterocycles. The van der Waals surface area contributed by atoms with E-state index in [0.29, 0.717) is 11.5 Å². The Bertz CT molecular complexity index is 650. The number of aliphatic carboxylic acids is 1. The molecule has 1 aliphatic carbocycles. The molecule has 6 nitrogen and oxygen atoms in total. The van der Waals surface area contributed by atoms with Gasteiger partial charge in [0.1, 0.15) is 6.54 Å². The number of nitrogens with one attached hydrogen (secondary N) is 1. The molecule has 1 aromatic rings. The smallest absolute Gasteiger partial charge is 0.325 e. The maximum absolute atomic E-state index is 10.7. The first-order valence-corrected chi connectivity index (χ1v) is 7.49. The van der Waals surface area contributed by atoms with Gasteiger partial charge in [0, 0.05) is 23.2 Å². The van der Waals surface area contributed by atoms with Gasteiger partial charge < -0.3 is 19.9 Å². The zero-order valence-corrected chi connectivity index (χ0v) is 13.7. The van der Waals surface area contributed by atoms with Crippen LogP contribution in [0.3, 0.4) is 0 Å². The zero-order valence-electron chi connectivity index (χ0n) is 13.7. The number of benzene rings is 1. The predicted octanol–water partition coefficient (Wildman–Crippen LogP) is 3.10. The number of carboxylic acid groups (broad SMARTS) is 1. The lowest BCUT2D eigenvalue weighted by molar-refractivity contribution is -0.135. The average Bonchev–Trinajstić information content (AvgIpc) is 2.55. The van der Waals surface area contributed by atoms with E-state index in [9.17, 15) is 4.79 Å². The van der Waals surface area contributed by atoms with E-state index in [1.54, 1.807) is 14.2 Å². The second-order valence-electron chi connectivity index (χ2n) is 5.31. The number of hydrogen-bond donors (Lipinski definition) is 2. The molecule has 0 amide bonds. The molecule has 0 heterocycles. The molecule has 0 atom stereocenters. The Hall–Kier alpha value is -2.50. The highest BCUT2D eigenvalue weighted by molar-refractivity contribution is 6.02. The second-order valence-corrected chi connectivity index (χ2v) is 5.31. The van der Waals surface area contributed by atoms with E-state index in [1.807, 2.05) is 25.1 Å². The summed E-state index contributed by atoms with van der Waals surface area (Å²) in [6, 6.07) is 5.64. The highest BCUT2D eigenvalue weighted by Gasteiger charge is 2.16. The third-order valence-corrected chi connectivity index (χ3v) is 3.81. The third-order valence-electron chi connectivity index (χ3n) is 3.81. The van der Waals surface area contributed by atoms with E-state index in [2.05, 4.69) is 10.3 Å². The molecule has 1 aromatic carbocycles. The minimum absolute atomic E-state index is 0.184. The quantitative estimate of drug-likeness (QED) is 0.842. The van der Waals surface area contributed by atoms with Gasteiger partial charge in [-0.05, 0) is 43.9 Å². The Kier molecular flexibility index (Phi) is 5.62. The van der Waals surface area contributed by atoms with Crippen LogP contribution in [0.4, 0.5) is 5.69 Å². The minimum atomic E-state index is -0.912. The number of anilines is 1. The van der Waals surface area contributed by atoms with Crippen molar-refractivity contribution in [2.75, 3.05) is 26.1 Å². The van der Waals surface area contributed by atoms with Crippen molar-refractivity contribution in [1.82, 2.24) is 0 Å². The SMILES string of the molecule is COc1ccc(NC2=C(C)C(=NCC(=O)O)CCC2)cc1OC. The van der Waals surface area contributed by atoms with Gasteiger partial charge in [0.15, 0.2) is 11.5 Å². The lowest BCUT2D eigenvalue weighted by atomic mass is 9.95. The van der Waals surface area contributed by atoms with Gasteiger partial charge >= 0.3 is 5.97 Å². The van der Waals surface area contributed by atoms with Crippen LogP contribution >= 0.6 is 0 Å². The lowest BCUT2D eigenvalue weighted by Gasteiger charge is -2.21. The summed E-state index contributed by atoms with van der Waals surface area (Å²) in [6.45, 7) is 1.79. The molecule has 0 spiro atoms. The Morgan fingerprint density at radius 1 is 1.26 bits per heavy atom. The van der Waals surface area contributed by atoms with Crippen molar-refractivity contribution < 1.29 is 19.4 Å². The van der Waals surface area contributed by atoms with Crippen LogP contribution in [0.1, 0.15) is 26.2 Å². The Labute approximate surface area is 135 Å². The van der Waals surface area contributed by atoms with Crippen LogP contribution < -0.4 is 14.8 Å². The minimum Gasteiger partial charge on any atom is -0.493 e. The van der Waals surface area contributed by atoms with E-state index >= 15 is 0 Å². The van der Waals surface area contributed by atoms with Gasteiger partial charge in [0.25, 0.3) is 0 Å². The van der Waals surface area contributed by atoms with E-state index < -0.39 is 5.97 Å². The summed E-state index contributed by atoms with van der Waals surface area (Å²) in [5, 5.41) is 12.2. The normalized spacial score (nSPS) is 16.4. The van der Waals surface area contributed by atoms with Gasteiger partial charge in [-0.15, -0.1) is 0 Å². The molecule has 6 heteroatoms. The summed E-state index contributed by atoms with van der Waals surface area (Å²) in [5.74, 6) is 0.424. The average molecular weight is 318 g/mol. The summed E-state index contributed by atoms with van der Waals surface area (Å²) < 4.78 is 10.5. The highest BCUT2D eigenvalue weighted by atomic mass is 16.5. The predicted molar refractivity (Wildman–Crippen MR) is 89.7 cm³/mol. The summed E-state index contributed by atoms with van der Waals surface area (Å²) in [5.41, 5.74) is 3.85. The molecule has 0 saturated carbocycles. The van der Waals surface area contributed by atoms with Crippen LogP contribution in [0, 0.1) is 0 Å². The molecule has 0 bridgehead atoms. The topological polar surface area (TPSA) is 80.2 Å². The summed E-state index contributed by atoms with van der Waals surface area (Å²) in [4.78, 5) is 14.9. The molecule has 124 valence electrons. The lowest BCUT2D eigenvalue weighted by Crippen LogP contribution is -2.16. The highest BCUT2D eigenvalue weighted by Crippen LogP contribution is 2.32. The molecule has 0 radical (unpaired) electrons. The number of hydrogen-bond acceptors (Lipinski definition) is 5. The Balaban J connectivity index is 2.22. The van der Waals surface area contributed by atoms with Crippen molar-refractivity contribution in [2.45, 2.75) is 26.2 Å². The number of methoxy groups -OCH3 is 2. The van der Waals surface area contributed by atoms with Gasteiger partial charge in [-0.3, -0.25) is 9.79 Å². The molecule has 1 aliphatic rings. The van der Waals surface area contributed by atoms with Crippen molar-refractivity contribution in [3.63, 3.8) is 0 Å². The molecular formula is C17H22N2O4. The zero-order chi connectivity index (χ0) is 16.8. The fourth-order valence-corrected chi connectivity index (χ4v) is 2.59. The van der Waals surface area contributed by atoms with Crippen molar-refractivity contribution in [3.8, 4) is 11.5 Å². The fourth-order valence-electron chi connectivity index (χ4n) is 2.59. The molecule has 23 heavy (non-hydrogen) atoms. The number of aliphatic imine (C=N–C) groups is 1. The first-order chi connectivity index (χ1) is 11.0. The van der Waals surface area contributed by atoms with Crippen LogP contribution in [-0.2, 0) is 4.79 Å². The van der Waals surface area contributed by atoms with Crippen molar-refractivity contribution in [3.05, 3.63) is 29.5 Å². The molecule has 0 unspecified atom stereocenters. The molecule has 0 aliphatic heterocycles. The molecule has 2 N–H and O–H groups in total. The number of ether oxygens (including phenoxy) is 2. The van der Waals surface area contributed by atoms with Crippen molar-refractivity contribution in [2.24, 2.45) is 4.99 Å². The van der Waals surface area contributed by atoms with Gasteiger partial charge in [-0.1, -0.05) is 0 Å². The third kappa shape index (κ3) is 4.25. The van der Waals surface area contributed by atoms with Crippen LogP contribution in [0.15, 0.2) is 34.5 Å². The first kappa shape index (κ1) is 16.9. The standard InChI is InChI=1S/C17H22N2O4/c1-11-13(18-10-17(20)21)5-4-6-14(11)19-12-7-8-15(22-2)16(9-12)23-3/h7-9,19H,4-6,10H2,1-3H3,(H,20,21). The van der Waals surface area contributed by atoms with Crippen LogP contribution in [0.2, 0.25) is 0 Å². The first-order valence-electron chi connectivity index (χ1n) is 7.49. The number of allylic oxidation sites excluding steroid dienone is 2. The number of nitrogens with zero attached hydrogens (tertiary/aromatic N) is 1. The fraction of sp³-hybridized carbons (Fsp3) is 0.412. The van der Waals surface area contributed by atoms with Crippen molar-refractivity contribution >= 4 is 17.4 Å². The summed E-state index contributed by atoms with van der Waals surface area (Å²) >= 11 is 0. The molecule has 2 rings (SSSR count). The van der Waals surface area contributed by atoms with Gasteiger partial charge in [-0.25, -0.2) is 0 Å². The molecule has 0 saturated heterocycles. The van der Waals surface area contributed by atoms with E-state index in [4.69, 9.17) is 14.6 Å². The maximum atomic E-state index is 10.7. The molecule has 0 fully saturated rings. The van der Waals surface area contributed by atoms with Crippen LogP contribution in [0.5, 0.6) is 11.5 Å². The maximum Gasteiger partial charge on any atom is 0.325 e. The van der Waals surface area contributed by atoms with Gasteiger partial charge in [0.05, 0.1) is 14.2 Å². The van der Waals surface area contributed by atoms with Crippen molar-refractivity contribution in [1.29, 1.82) is 0 Å².